The molecule has 0 unspecified atom stereocenters. The first-order chi connectivity index (χ1) is 16.2. The molecule has 0 atom stereocenters. The third-order valence-corrected chi connectivity index (χ3v) is 6.77. The third kappa shape index (κ3) is 3.28. The summed E-state index contributed by atoms with van der Waals surface area (Å²) in [6, 6.07) is 24.1. The Morgan fingerprint density at radius 3 is 2.39 bits per heavy atom. The summed E-state index contributed by atoms with van der Waals surface area (Å²) in [5.41, 5.74) is 2.20. The van der Waals surface area contributed by atoms with Gasteiger partial charge in [0.1, 0.15) is 17.1 Å². The van der Waals surface area contributed by atoms with Crippen molar-refractivity contribution in [1.29, 1.82) is 0 Å². The number of fused-ring (bicyclic) bond motifs is 1. The van der Waals surface area contributed by atoms with E-state index in [1.54, 1.807) is 6.20 Å². The van der Waals surface area contributed by atoms with Gasteiger partial charge in [0.15, 0.2) is 5.82 Å². The monoisotopic (exact) mass is 436 g/mol. The zero-order valence-electron chi connectivity index (χ0n) is 18.2. The van der Waals surface area contributed by atoms with Crippen molar-refractivity contribution >= 4 is 28.3 Å². The highest BCUT2D eigenvalue weighted by Gasteiger charge is 2.50. The fourth-order valence-corrected chi connectivity index (χ4v) is 5.03. The van der Waals surface area contributed by atoms with Gasteiger partial charge in [0.05, 0.1) is 12.2 Å². The molecule has 0 aliphatic carbocycles. The lowest BCUT2D eigenvalue weighted by Gasteiger charge is -2.43. The van der Waals surface area contributed by atoms with Crippen molar-refractivity contribution in [3.8, 4) is 11.5 Å². The first-order valence-corrected chi connectivity index (χ1v) is 11.3. The molecule has 2 aromatic carbocycles. The van der Waals surface area contributed by atoms with E-state index >= 15 is 0 Å². The van der Waals surface area contributed by atoms with E-state index in [0.717, 1.165) is 54.0 Å². The van der Waals surface area contributed by atoms with Gasteiger partial charge in [0.2, 0.25) is 5.91 Å². The number of para-hydroxylation sites is 2. The lowest BCUT2D eigenvalue weighted by atomic mass is 9.85. The van der Waals surface area contributed by atoms with E-state index in [2.05, 4.69) is 38.3 Å². The van der Waals surface area contributed by atoms with Crippen LogP contribution >= 0.6 is 0 Å². The predicted molar refractivity (Wildman–Crippen MR) is 129 cm³/mol. The highest BCUT2D eigenvalue weighted by molar-refractivity contribution is 5.94. The molecule has 6 rings (SSSR count). The fourth-order valence-electron chi connectivity index (χ4n) is 5.03. The van der Waals surface area contributed by atoms with Crippen LogP contribution in [0.5, 0.6) is 0 Å². The number of carbonyl (C=O) groups is 1. The number of amides is 1. The summed E-state index contributed by atoms with van der Waals surface area (Å²) in [6.45, 7) is 2.02. The normalized spacial score (nSPS) is 17.5. The molecule has 1 spiro atoms. The molecule has 0 radical (unpaired) electrons. The maximum absolute atomic E-state index is 13.0. The van der Waals surface area contributed by atoms with Gasteiger partial charge in [-0.25, -0.2) is 9.97 Å². The van der Waals surface area contributed by atoms with Crippen LogP contribution in [0.25, 0.3) is 22.4 Å². The molecule has 164 valence electrons. The Bertz CT molecular complexity index is 1300. The number of anilines is 2. The van der Waals surface area contributed by atoms with Crippen LogP contribution in [0.3, 0.4) is 0 Å². The SMILES string of the molecule is O=C1NCN(c2ccccc2)C12CCN(c1nc(-c3ccccn3)nc3ccccc13)CC2. The largest absolute Gasteiger partial charge is 0.356 e. The van der Waals surface area contributed by atoms with Crippen molar-refractivity contribution in [2.24, 2.45) is 0 Å². The molecule has 4 aromatic rings. The zero-order chi connectivity index (χ0) is 22.3. The molecule has 2 aliphatic heterocycles. The molecule has 2 aliphatic rings. The van der Waals surface area contributed by atoms with Crippen molar-refractivity contribution in [2.75, 3.05) is 29.6 Å². The van der Waals surface area contributed by atoms with Crippen molar-refractivity contribution in [1.82, 2.24) is 20.3 Å². The smallest absolute Gasteiger partial charge is 0.247 e. The summed E-state index contributed by atoms with van der Waals surface area (Å²) < 4.78 is 0. The number of benzene rings is 2. The number of piperidine rings is 1. The minimum atomic E-state index is -0.523. The van der Waals surface area contributed by atoms with Crippen LogP contribution < -0.4 is 15.1 Å². The van der Waals surface area contributed by atoms with Gasteiger partial charge in [0, 0.05) is 30.4 Å². The average Bonchev–Trinajstić information content (AvgIpc) is 3.20. The molecule has 2 saturated heterocycles. The number of hydrogen-bond donors (Lipinski definition) is 1. The lowest BCUT2D eigenvalue weighted by molar-refractivity contribution is -0.124. The van der Waals surface area contributed by atoms with Crippen molar-refractivity contribution in [2.45, 2.75) is 18.4 Å². The fraction of sp³-hybridized carbons (Fsp3) is 0.231. The maximum Gasteiger partial charge on any atom is 0.247 e. The van der Waals surface area contributed by atoms with Gasteiger partial charge in [-0.15, -0.1) is 0 Å². The van der Waals surface area contributed by atoms with E-state index in [4.69, 9.17) is 9.97 Å². The van der Waals surface area contributed by atoms with Gasteiger partial charge in [-0.2, -0.15) is 0 Å². The summed E-state index contributed by atoms with van der Waals surface area (Å²) in [4.78, 5) is 31.7. The molecule has 2 aromatic heterocycles. The molecule has 7 nitrogen and oxygen atoms in total. The molecule has 4 heterocycles. The number of carbonyl (C=O) groups excluding carboxylic acids is 1. The number of hydrogen-bond acceptors (Lipinski definition) is 6. The van der Waals surface area contributed by atoms with Gasteiger partial charge in [-0.1, -0.05) is 36.4 Å². The molecule has 2 fully saturated rings. The summed E-state index contributed by atoms with van der Waals surface area (Å²) >= 11 is 0. The van der Waals surface area contributed by atoms with E-state index < -0.39 is 5.54 Å². The summed E-state index contributed by atoms with van der Waals surface area (Å²) in [6.07, 6.45) is 3.21. The van der Waals surface area contributed by atoms with Crippen LogP contribution in [0.4, 0.5) is 11.5 Å². The summed E-state index contributed by atoms with van der Waals surface area (Å²) in [5.74, 6) is 1.64. The number of pyridine rings is 1. The van der Waals surface area contributed by atoms with Crippen LogP contribution in [0, 0.1) is 0 Å². The van der Waals surface area contributed by atoms with E-state index in [1.807, 2.05) is 54.6 Å². The molecule has 0 bridgehead atoms. The van der Waals surface area contributed by atoms with Crippen LogP contribution in [-0.2, 0) is 4.79 Å². The topological polar surface area (TPSA) is 74.2 Å². The Morgan fingerprint density at radius 2 is 1.61 bits per heavy atom. The Hall–Kier alpha value is -4.00. The molecule has 1 N–H and O–H groups in total. The number of nitrogens with zero attached hydrogens (tertiary/aromatic N) is 5. The minimum Gasteiger partial charge on any atom is -0.356 e. The van der Waals surface area contributed by atoms with Crippen molar-refractivity contribution < 1.29 is 4.79 Å². The molecule has 7 heteroatoms. The zero-order valence-corrected chi connectivity index (χ0v) is 18.2. The Morgan fingerprint density at radius 1 is 0.848 bits per heavy atom. The van der Waals surface area contributed by atoms with Gasteiger partial charge < -0.3 is 15.1 Å². The Labute approximate surface area is 192 Å². The van der Waals surface area contributed by atoms with Crippen LogP contribution in [0.2, 0.25) is 0 Å². The summed E-state index contributed by atoms with van der Waals surface area (Å²) in [5, 5.41) is 4.10. The Balaban J connectivity index is 1.35. The standard InChI is InChI=1S/C26H24N6O/c33-25-26(32(18-28-25)19-8-2-1-3-9-19)13-16-31(17-14-26)24-20-10-4-5-11-21(20)29-23(30-24)22-12-6-7-15-27-22/h1-12,15H,13-14,16-18H2,(H,28,33). The highest BCUT2D eigenvalue weighted by atomic mass is 16.2. The van der Waals surface area contributed by atoms with Crippen LogP contribution in [0.1, 0.15) is 12.8 Å². The van der Waals surface area contributed by atoms with Gasteiger partial charge in [-0.05, 0) is 49.2 Å². The van der Waals surface area contributed by atoms with E-state index in [9.17, 15) is 4.79 Å². The third-order valence-electron chi connectivity index (χ3n) is 6.77. The van der Waals surface area contributed by atoms with Gasteiger partial charge in [0.25, 0.3) is 0 Å². The minimum absolute atomic E-state index is 0.118. The summed E-state index contributed by atoms with van der Waals surface area (Å²) in [7, 11) is 0. The Kier molecular flexibility index (Phi) is 4.68. The van der Waals surface area contributed by atoms with E-state index in [1.165, 1.54) is 0 Å². The molecular formula is C26H24N6O. The second-order valence-electron chi connectivity index (χ2n) is 8.55. The van der Waals surface area contributed by atoms with Crippen LogP contribution in [-0.4, -0.2) is 46.2 Å². The van der Waals surface area contributed by atoms with Crippen molar-refractivity contribution in [3.05, 3.63) is 79.0 Å². The number of nitrogens with one attached hydrogen (secondary N) is 1. The molecule has 0 saturated carbocycles. The van der Waals surface area contributed by atoms with E-state index in [0.29, 0.717) is 12.5 Å². The number of aromatic nitrogens is 3. The van der Waals surface area contributed by atoms with Gasteiger partial charge in [-0.3, -0.25) is 9.78 Å². The van der Waals surface area contributed by atoms with Crippen LogP contribution in [0.15, 0.2) is 79.0 Å². The maximum atomic E-state index is 13.0. The number of rotatable bonds is 3. The predicted octanol–water partition coefficient (Wildman–Crippen LogP) is 3.62. The molecular weight excluding hydrogens is 412 g/mol. The quantitative estimate of drug-likeness (QED) is 0.529. The van der Waals surface area contributed by atoms with Gasteiger partial charge >= 0.3 is 0 Å². The average molecular weight is 437 g/mol. The first-order valence-electron chi connectivity index (χ1n) is 11.3. The highest BCUT2D eigenvalue weighted by Crippen LogP contribution is 2.38. The second kappa shape index (κ2) is 7.85. The first kappa shape index (κ1) is 19.7. The second-order valence-corrected chi connectivity index (χ2v) is 8.55. The van der Waals surface area contributed by atoms with Crippen molar-refractivity contribution in [3.63, 3.8) is 0 Å². The molecule has 1 amide bonds. The molecule has 33 heavy (non-hydrogen) atoms. The van der Waals surface area contributed by atoms with E-state index in [-0.39, 0.29) is 5.91 Å². The lowest BCUT2D eigenvalue weighted by Crippen LogP contribution is -2.56.